The number of rotatable bonds is 7. The zero-order valence-corrected chi connectivity index (χ0v) is 9.89. The summed E-state index contributed by atoms with van der Waals surface area (Å²) in [5.41, 5.74) is 1.23. The number of nitrogens with zero attached hydrogens (tertiary/aromatic N) is 2. The summed E-state index contributed by atoms with van der Waals surface area (Å²) in [6, 6.07) is 2.53. The van der Waals surface area contributed by atoms with Crippen LogP contribution >= 0.6 is 0 Å². The first kappa shape index (κ1) is 11.6. The van der Waals surface area contributed by atoms with Crippen LogP contribution in [0.2, 0.25) is 0 Å². The van der Waals surface area contributed by atoms with Crippen LogP contribution in [0.5, 0.6) is 0 Å². The van der Waals surface area contributed by atoms with Crippen molar-refractivity contribution in [3.63, 3.8) is 0 Å². The van der Waals surface area contributed by atoms with E-state index in [9.17, 15) is 0 Å². The summed E-state index contributed by atoms with van der Waals surface area (Å²) >= 11 is 0. The zero-order chi connectivity index (χ0) is 11.4. The molecule has 0 spiro atoms. The Morgan fingerprint density at radius 2 is 2.44 bits per heavy atom. The predicted octanol–water partition coefficient (Wildman–Crippen LogP) is 1.15. The van der Waals surface area contributed by atoms with Crippen molar-refractivity contribution >= 4 is 0 Å². The molecule has 2 N–H and O–H groups in total. The average molecular weight is 223 g/mol. The third-order valence-electron chi connectivity index (χ3n) is 3.28. The molecule has 0 bridgehead atoms. The lowest BCUT2D eigenvalue weighted by Gasteiger charge is -2.17. The Kier molecular flexibility index (Phi) is 3.96. The van der Waals surface area contributed by atoms with Gasteiger partial charge >= 0.3 is 0 Å². The Labute approximate surface area is 96.7 Å². The maximum Gasteiger partial charge on any atom is 0.0522 e. The molecular formula is C12H21N3O. The molecule has 0 aromatic carbocycles. The van der Waals surface area contributed by atoms with E-state index >= 15 is 0 Å². The fourth-order valence-electron chi connectivity index (χ4n) is 2.17. The molecule has 90 valence electrons. The van der Waals surface area contributed by atoms with Gasteiger partial charge in [-0.05, 0) is 38.2 Å². The molecule has 1 aliphatic rings. The topological polar surface area (TPSA) is 50.1 Å². The van der Waals surface area contributed by atoms with Gasteiger partial charge in [0.2, 0.25) is 0 Å². The van der Waals surface area contributed by atoms with Crippen molar-refractivity contribution in [2.45, 2.75) is 45.3 Å². The molecule has 1 heterocycles. The number of aliphatic hydroxyl groups excluding tert-OH is 1. The first-order chi connectivity index (χ1) is 7.85. The van der Waals surface area contributed by atoms with Crippen molar-refractivity contribution in [1.82, 2.24) is 15.1 Å². The van der Waals surface area contributed by atoms with Crippen molar-refractivity contribution in [2.75, 3.05) is 6.61 Å². The van der Waals surface area contributed by atoms with Crippen LogP contribution in [0.3, 0.4) is 0 Å². The van der Waals surface area contributed by atoms with Crippen LogP contribution in [0.25, 0.3) is 0 Å². The molecular weight excluding hydrogens is 202 g/mol. The third-order valence-corrected chi connectivity index (χ3v) is 3.28. The van der Waals surface area contributed by atoms with Crippen LogP contribution in [-0.4, -0.2) is 27.5 Å². The second kappa shape index (κ2) is 5.46. The van der Waals surface area contributed by atoms with Gasteiger partial charge in [0.25, 0.3) is 0 Å². The molecule has 2 rings (SSSR count). The van der Waals surface area contributed by atoms with Gasteiger partial charge in [0, 0.05) is 31.9 Å². The van der Waals surface area contributed by atoms with Crippen LogP contribution in [-0.2, 0) is 13.1 Å². The fraction of sp³-hybridized carbons (Fsp3) is 0.750. The minimum Gasteiger partial charge on any atom is -0.396 e. The lowest BCUT2D eigenvalue weighted by molar-refractivity contribution is 0.255. The Balaban J connectivity index is 1.84. The summed E-state index contributed by atoms with van der Waals surface area (Å²) in [6.07, 6.45) is 5.33. The molecule has 4 heteroatoms. The number of aliphatic hydroxyl groups is 1. The second-order valence-corrected chi connectivity index (χ2v) is 4.48. The van der Waals surface area contributed by atoms with Crippen LogP contribution in [0.1, 0.15) is 31.9 Å². The molecule has 1 atom stereocenters. The maximum absolute atomic E-state index is 9.01. The highest BCUT2D eigenvalue weighted by molar-refractivity contribution is 5.01. The Morgan fingerprint density at radius 1 is 1.62 bits per heavy atom. The lowest BCUT2D eigenvalue weighted by atomic mass is 10.1. The fourth-order valence-corrected chi connectivity index (χ4v) is 2.17. The normalized spacial score (nSPS) is 17.6. The van der Waals surface area contributed by atoms with E-state index in [-0.39, 0.29) is 6.61 Å². The van der Waals surface area contributed by atoms with Crippen LogP contribution in [0, 0.1) is 5.92 Å². The molecule has 0 aliphatic heterocycles. The minimum absolute atomic E-state index is 0.279. The molecule has 1 unspecified atom stereocenters. The second-order valence-electron chi connectivity index (χ2n) is 4.48. The van der Waals surface area contributed by atoms with Gasteiger partial charge < -0.3 is 10.4 Å². The van der Waals surface area contributed by atoms with E-state index in [2.05, 4.69) is 23.4 Å². The van der Waals surface area contributed by atoms with E-state index in [1.807, 2.05) is 10.9 Å². The van der Waals surface area contributed by atoms with Gasteiger partial charge in [0.05, 0.1) is 5.69 Å². The van der Waals surface area contributed by atoms with Crippen LogP contribution < -0.4 is 5.32 Å². The molecule has 1 aromatic rings. The van der Waals surface area contributed by atoms with Crippen molar-refractivity contribution in [2.24, 2.45) is 5.92 Å². The van der Waals surface area contributed by atoms with Crippen LogP contribution in [0.15, 0.2) is 12.3 Å². The number of hydrogen-bond acceptors (Lipinski definition) is 3. The van der Waals surface area contributed by atoms with Crippen molar-refractivity contribution in [3.8, 4) is 0 Å². The van der Waals surface area contributed by atoms with E-state index in [0.29, 0.717) is 6.04 Å². The largest absolute Gasteiger partial charge is 0.396 e. The van der Waals surface area contributed by atoms with E-state index < -0.39 is 0 Å². The minimum atomic E-state index is 0.279. The van der Waals surface area contributed by atoms with Crippen molar-refractivity contribution in [1.29, 1.82) is 0 Å². The molecule has 1 aromatic heterocycles. The van der Waals surface area contributed by atoms with E-state index in [4.69, 9.17) is 5.11 Å². The SMILES string of the molecule is CCn1nccc1CNC(CCO)C1CC1. The smallest absolute Gasteiger partial charge is 0.0522 e. The van der Waals surface area contributed by atoms with Crippen molar-refractivity contribution in [3.05, 3.63) is 18.0 Å². The molecule has 0 amide bonds. The van der Waals surface area contributed by atoms with Gasteiger partial charge in [-0.1, -0.05) is 0 Å². The first-order valence-electron chi connectivity index (χ1n) is 6.20. The summed E-state index contributed by atoms with van der Waals surface area (Å²) in [5, 5.41) is 16.8. The zero-order valence-electron chi connectivity index (χ0n) is 9.89. The quantitative estimate of drug-likeness (QED) is 0.729. The van der Waals surface area contributed by atoms with Gasteiger partial charge in [-0.25, -0.2) is 0 Å². The number of hydrogen-bond donors (Lipinski definition) is 2. The molecule has 1 fully saturated rings. The standard InChI is InChI=1S/C12H21N3O/c1-2-15-11(5-7-14-15)9-13-12(6-8-16)10-3-4-10/h5,7,10,12-13,16H,2-4,6,8-9H2,1H3. The number of aryl methyl sites for hydroxylation is 1. The molecule has 0 radical (unpaired) electrons. The Bertz CT molecular complexity index is 320. The van der Waals surface area contributed by atoms with Gasteiger partial charge in [-0.2, -0.15) is 5.10 Å². The average Bonchev–Trinajstić information content (AvgIpc) is 3.03. The van der Waals surface area contributed by atoms with Gasteiger partial charge in [0.1, 0.15) is 0 Å². The summed E-state index contributed by atoms with van der Waals surface area (Å²) < 4.78 is 2.01. The highest BCUT2D eigenvalue weighted by Crippen LogP contribution is 2.34. The monoisotopic (exact) mass is 223 g/mol. The summed E-state index contributed by atoms with van der Waals surface area (Å²) in [5.74, 6) is 0.783. The first-order valence-corrected chi connectivity index (χ1v) is 6.20. The van der Waals surface area contributed by atoms with E-state index in [1.165, 1.54) is 18.5 Å². The predicted molar refractivity (Wildman–Crippen MR) is 63.0 cm³/mol. The van der Waals surface area contributed by atoms with E-state index in [1.54, 1.807) is 0 Å². The summed E-state index contributed by atoms with van der Waals surface area (Å²) in [7, 11) is 0. The summed E-state index contributed by atoms with van der Waals surface area (Å²) in [6.45, 7) is 4.15. The van der Waals surface area contributed by atoms with Gasteiger partial charge in [-0.3, -0.25) is 4.68 Å². The molecule has 0 saturated heterocycles. The maximum atomic E-state index is 9.01. The van der Waals surface area contributed by atoms with Crippen molar-refractivity contribution < 1.29 is 5.11 Å². The molecule has 1 aliphatic carbocycles. The van der Waals surface area contributed by atoms with Crippen LogP contribution in [0.4, 0.5) is 0 Å². The van der Waals surface area contributed by atoms with Gasteiger partial charge in [-0.15, -0.1) is 0 Å². The van der Waals surface area contributed by atoms with E-state index in [0.717, 1.165) is 25.4 Å². The Hall–Kier alpha value is -0.870. The highest BCUT2D eigenvalue weighted by Gasteiger charge is 2.30. The lowest BCUT2D eigenvalue weighted by Crippen LogP contribution is -2.32. The number of nitrogens with one attached hydrogen (secondary N) is 1. The highest BCUT2D eigenvalue weighted by atomic mass is 16.3. The Morgan fingerprint density at radius 3 is 3.06 bits per heavy atom. The van der Waals surface area contributed by atoms with Gasteiger partial charge in [0.15, 0.2) is 0 Å². The number of aromatic nitrogens is 2. The molecule has 16 heavy (non-hydrogen) atoms. The summed E-state index contributed by atoms with van der Waals surface area (Å²) in [4.78, 5) is 0. The molecule has 1 saturated carbocycles. The molecule has 4 nitrogen and oxygen atoms in total. The third kappa shape index (κ3) is 2.83.